The van der Waals surface area contributed by atoms with Crippen molar-refractivity contribution in [1.29, 1.82) is 0 Å². The van der Waals surface area contributed by atoms with Gasteiger partial charge >= 0.3 is 0 Å². The molecule has 1 amide bonds. The molecule has 0 aliphatic carbocycles. The van der Waals surface area contributed by atoms with Gasteiger partial charge < -0.3 is 4.90 Å². The van der Waals surface area contributed by atoms with Gasteiger partial charge in [-0.3, -0.25) is 4.79 Å². The first kappa shape index (κ1) is 18.1. The smallest absolute Gasteiger partial charge is 0.283 e. The van der Waals surface area contributed by atoms with Crippen LogP contribution in [0.15, 0.2) is 36.7 Å². The number of fused-ring (bicyclic) bond motifs is 2. The monoisotopic (exact) mass is 410 g/mol. The molecule has 5 rings (SSSR count). The highest BCUT2D eigenvalue weighted by Crippen LogP contribution is 2.36. The van der Waals surface area contributed by atoms with Crippen molar-refractivity contribution in [3.05, 3.63) is 53.1 Å². The molecular formula is C20H19FN6OS. The normalized spacial score (nSPS) is 22.4. The Hall–Kier alpha value is -2.94. The molecule has 4 heterocycles. The lowest BCUT2D eigenvalue weighted by atomic mass is 9.85. The van der Waals surface area contributed by atoms with Crippen molar-refractivity contribution in [2.45, 2.75) is 31.9 Å². The molecule has 2 atom stereocenters. The zero-order valence-corrected chi connectivity index (χ0v) is 16.9. The third-order valence-electron chi connectivity index (χ3n) is 5.22. The van der Waals surface area contributed by atoms with Gasteiger partial charge in [-0.05, 0) is 38.5 Å². The zero-order valence-electron chi connectivity index (χ0n) is 16.0. The van der Waals surface area contributed by atoms with Crippen molar-refractivity contribution in [3.8, 4) is 0 Å². The summed E-state index contributed by atoms with van der Waals surface area (Å²) >= 11 is 1.34. The van der Waals surface area contributed by atoms with Crippen LogP contribution in [0, 0.1) is 6.92 Å². The summed E-state index contributed by atoms with van der Waals surface area (Å²) in [5, 5.41) is 4.63. The van der Waals surface area contributed by atoms with Crippen LogP contribution in [-0.2, 0) is 0 Å². The number of aryl methyl sites for hydroxylation is 1. The quantitative estimate of drug-likeness (QED) is 0.506. The van der Waals surface area contributed by atoms with E-state index in [-0.39, 0.29) is 18.4 Å². The lowest BCUT2D eigenvalue weighted by Gasteiger charge is -2.39. The van der Waals surface area contributed by atoms with Gasteiger partial charge in [0.1, 0.15) is 12.0 Å². The largest absolute Gasteiger partial charge is 0.333 e. The highest BCUT2D eigenvalue weighted by atomic mass is 32.1. The number of rotatable bonds is 2. The summed E-state index contributed by atoms with van der Waals surface area (Å²) in [5.74, 6) is 0.0264. The van der Waals surface area contributed by atoms with E-state index in [1.54, 1.807) is 16.3 Å². The van der Waals surface area contributed by atoms with Crippen molar-refractivity contribution in [2.24, 2.45) is 0 Å². The molecule has 0 N–H and O–H groups in total. The highest BCUT2D eigenvalue weighted by molar-refractivity contribution is 7.20. The van der Waals surface area contributed by atoms with E-state index in [9.17, 15) is 4.79 Å². The second-order valence-corrected chi connectivity index (χ2v) is 8.81. The summed E-state index contributed by atoms with van der Waals surface area (Å²) in [6.45, 7) is 3.86. The molecule has 9 heteroatoms. The average molecular weight is 410 g/mol. The van der Waals surface area contributed by atoms with Gasteiger partial charge in [-0.2, -0.15) is 10.1 Å². The molecule has 0 bridgehead atoms. The molecular weight excluding hydrogens is 391 g/mol. The van der Waals surface area contributed by atoms with Crippen molar-refractivity contribution in [3.63, 3.8) is 0 Å². The fraction of sp³-hybridized carbons (Fsp3) is 0.350. The van der Waals surface area contributed by atoms with E-state index in [1.807, 2.05) is 37.3 Å². The number of benzene rings is 1. The van der Waals surface area contributed by atoms with E-state index in [4.69, 9.17) is 0 Å². The van der Waals surface area contributed by atoms with Gasteiger partial charge in [0.2, 0.25) is 0 Å². The average Bonchev–Trinajstić information content (AvgIpc) is 3.31. The van der Waals surface area contributed by atoms with Crippen LogP contribution in [0.4, 0.5) is 4.39 Å². The molecule has 148 valence electrons. The number of amides is 1. The van der Waals surface area contributed by atoms with Crippen LogP contribution in [0.25, 0.3) is 16.0 Å². The van der Waals surface area contributed by atoms with Crippen LogP contribution in [0.5, 0.6) is 0 Å². The van der Waals surface area contributed by atoms with Crippen molar-refractivity contribution in [2.75, 3.05) is 13.1 Å². The van der Waals surface area contributed by atoms with Crippen LogP contribution in [0.3, 0.4) is 0 Å². The van der Waals surface area contributed by atoms with Crippen LogP contribution < -0.4 is 0 Å². The first-order valence-corrected chi connectivity index (χ1v) is 10.2. The van der Waals surface area contributed by atoms with E-state index >= 15 is 4.39 Å². The summed E-state index contributed by atoms with van der Waals surface area (Å²) in [6, 6.07) is 9.51. The Morgan fingerprint density at radius 2 is 2.14 bits per heavy atom. The van der Waals surface area contributed by atoms with Gasteiger partial charge in [-0.1, -0.05) is 12.1 Å². The molecule has 1 aromatic carbocycles. The second kappa shape index (κ2) is 6.55. The molecule has 1 aliphatic rings. The Morgan fingerprint density at radius 3 is 2.97 bits per heavy atom. The fourth-order valence-electron chi connectivity index (χ4n) is 4.07. The molecule has 0 spiro atoms. The number of likely N-dealkylation sites (tertiary alicyclic amines) is 1. The minimum Gasteiger partial charge on any atom is -0.333 e. The van der Waals surface area contributed by atoms with Crippen molar-refractivity contribution >= 4 is 33.2 Å². The molecule has 7 nitrogen and oxygen atoms in total. The number of thiazole rings is 1. The number of nitrogens with zero attached hydrogens (tertiary/aromatic N) is 6. The van der Waals surface area contributed by atoms with E-state index in [0.717, 1.165) is 21.6 Å². The number of halogens is 1. The van der Waals surface area contributed by atoms with E-state index in [0.29, 0.717) is 23.8 Å². The van der Waals surface area contributed by atoms with Crippen LogP contribution in [-0.4, -0.2) is 54.1 Å². The minimum absolute atomic E-state index is 0.0445. The maximum atomic E-state index is 15.3. The maximum absolute atomic E-state index is 15.3. The number of alkyl halides is 1. The molecule has 1 aliphatic heterocycles. The summed E-state index contributed by atoms with van der Waals surface area (Å²) in [6.07, 6.45) is 1.74. The third-order valence-corrected chi connectivity index (χ3v) is 6.25. The standard InChI is InChI=1S/C20H19FN6OS/c1-12-7-15(27-19(24-12)22-11-23-27)13-8-20(2,21)10-26(9-13)18(28)17-25-14-5-3-4-6-16(14)29-17/h3-7,11,13H,8-10H2,1-2H3. The Kier molecular flexibility index (Phi) is 4.09. The number of para-hydroxylation sites is 1. The van der Waals surface area contributed by atoms with E-state index in [2.05, 4.69) is 20.1 Å². The van der Waals surface area contributed by atoms with Crippen LogP contribution in [0.2, 0.25) is 0 Å². The molecule has 1 saturated heterocycles. The summed E-state index contributed by atoms with van der Waals surface area (Å²) < 4.78 is 17.9. The van der Waals surface area contributed by atoms with Gasteiger partial charge in [0.05, 0.1) is 22.5 Å². The Bertz CT molecular complexity index is 1200. The molecule has 1 fully saturated rings. The lowest BCUT2D eigenvalue weighted by Crippen LogP contribution is -2.49. The second-order valence-electron chi connectivity index (χ2n) is 7.78. The fourth-order valence-corrected chi connectivity index (χ4v) is 5.01. The predicted molar refractivity (Wildman–Crippen MR) is 108 cm³/mol. The number of carbonyl (C=O) groups is 1. The third kappa shape index (κ3) is 3.25. The van der Waals surface area contributed by atoms with Gasteiger partial charge in [-0.25, -0.2) is 18.9 Å². The molecule has 0 saturated carbocycles. The Labute approximate surface area is 170 Å². The van der Waals surface area contributed by atoms with E-state index in [1.165, 1.54) is 17.7 Å². The van der Waals surface area contributed by atoms with Gasteiger partial charge in [0.15, 0.2) is 5.01 Å². The van der Waals surface area contributed by atoms with Gasteiger partial charge in [0.25, 0.3) is 11.7 Å². The number of piperidine rings is 1. The maximum Gasteiger partial charge on any atom is 0.283 e. The highest BCUT2D eigenvalue weighted by Gasteiger charge is 2.40. The van der Waals surface area contributed by atoms with Crippen molar-refractivity contribution in [1.82, 2.24) is 29.5 Å². The van der Waals surface area contributed by atoms with Crippen LogP contribution >= 0.6 is 11.3 Å². The summed E-state index contributed by atoms with van der Waals surface area (Å²) in [7, 11) is 0. The predicted octanol–water partition coefficient (Wildman–Crippen LogP) is 3.40. The van der Waals surface area contributed by atoms with E-state index < -0.39 is 5.67 Å². The molecule has 0 radical (unpaired) electrons. The Morgan fingerprint density at radius 1 is 1.31 bits per heavy atom. The number of hydrogen-bond acceptors (Lipinski definition) is 6. The zero-order chi connectivity index (χ0) is 20.2. The molecule has 4 aromatic rings. The van der Waals surface area contributed by atoms with Crippen molar-refractivity contribution < 1.29 is 9.18 Å². The summed E-state index contributed by atoms with van der Waals surface area (Å²) in [4.78, 5) is 27.7. The van der Waals surface area contributed by atoms with Gasteiger partial charge in [-0.15, -0.1) is 11.3 Å². The number of carbonyl (C=O) groups excluding carboxylic acids is 1. The first-order valence-electron chi connectivity index (χ1n) is 9.41. The topological polar surface area (TPSA) is 76.3 Å². The molecule has 29 heavy (non-hydrogen) atoms. The summed E-state index contributed by atoms with van der Waals surface area (Å²) in [5.41, 5.74) is 0.872. The molecule has 3 aromatic heterocycles. The Balaban J connectivity index is 1.51. The number of hydrogen-bond donors (Lipinski definition) is 0. The number of aromatic nitrogens is 5. The SMILES string of the molecule is Cc1cc(C2CN(C(=O)c3nc4ccccc4s3)CC(C)(F)C2)n2ncnc2n1. The molecule has 2 unspecified atom stereocenters. The van der Waals surface area contributed by atoms with Gasteiger partial charge in [0, 0.05) is 18.2 Å². The first-order chi connectivity index (χ1) is 13.9. The van der Waals surface area contributed by atoms with Crippen LogP contribution in [0.1, 0.15) is 40.5 Å². The lowest BCUT2D eigenvalue weighted by molar-refractivity contribution is 0.0342. The minimum atomic E-state index is -1.51.